The lowest BCUT2D eigenvalue weighted by atomic mass is 9.83. The zero-order valence-electron chi connectivity index (χ0n) is 12.7. The van der Waals surface area contributed by atoms with E-state index in [0.717, 1.165) is 24.4 Å². The topological polar surface area (TPSA) is 25.2 Å². The summed E-state index contributed by atoms with van der Waals surface area (Å²) in [7, 11) is 0. The van der Waals surface area contributed by atoms with Crippen molar-refractivity contribution in [2.24, 2.45) is 5.41 Å². The lowest BCUT2D eigenvalue weighted by Crippen LogP contribution is -2.31. The molecule has 0 spiro atoms. The number of rotatable bonds is 5. The molecule has 1 fully saturated rings. The van der Waals surface area contributed by atoms with Crippen LogP contribution in [0.5, 0.6) is 0 Å². The molecule has 1 N–H and O–H groups in total. The Morgan fingerprint density at radius 2 is 1.95 bits per heavy atom. The van der Waals surface area contributed by atoms with Crippen molar-refractivity contribution >= 4 is 11.0 Å². The molecule has 1 aliphatic carbocycles. The molecule has 2 nitrogen and oxygen atoms in total. The van der Waals surface area contributed by atoms with Crippen LogP contribution in [0.25, 0.3) is 11.0 Å². The maximum absolute atomic E-state index is 5.83. The average molecular weight is 271 g/mol. The van der Waals surface area contributed by atoms with Crippen LogP contribution in [0.1, 0.15) is 50.4 Å². The van der Waals surface area contributed by atoms with E-state index in [2.05, 4.69) is 37.4 Å². The molecule has 2 aromatic rings. The molecule has 0 aliphatic heterocycles. The van der Waals surface area contributed by atoms with Crippen molar-refractivity contribution in [3.63, 3.8) is 0 Å². The number of benzene rings is 1. The van der Waals surface area contributed by atoms with Gasteiger partial charge < -0.3 is 9.73 Å². The van der Waals surface area contributed by atoms with Crippen molar-refractivity contribution < 1.29 is 4.42 Å². The highest BCUT2D eigenvalue weighted by Gasteiger charge is 2.31. The second kappa shape index (κ2) is 5.61. The van der Waals surface area contributed by atoms with Gasteiger partial charge in [0.1, 0.15) is 11.3 Å². The minimum absolute atomic E-state index is 0.549. The highest BCUT2D eigenvalue weighted by Crippen LogP contribution is 2.40. The van der Waals surface area contributed by atoms with Gasteiger partial charge in [-0.3, -0.25) is 0 Å². The zero-order chi connectivity index (χ0) is 14.0. The summed E-state index contributed by atoms with van der Waals surface area (Å²) >= 11 is 0. The van der Waals surface area contributed by atoms with Crippen LogP contribution in [-0.2, 0) is 6.54 Å². The van der Waals surface area contributed by atoms with Crippen molar-refractivity contribution in [1.82, 2.24) is 5.32 Å². The van der Waals surface area contributed by atoms with Gasteiger partial charge in [0.25, 0.3) is 0 Å². The molecule has 2 heteroatoms. The molecule has 0 unspecified atom stereocenters. The Labute approximate surface area is 121 Å². The Morgan fingerprint density at radius 3 is 2.70 bits per heavy atom. The van der Waals surface area contributed by atoms with E-state index in [1.165, 1.54) is 43.1 Å². The summed E-state index contributed by atoms with van der Waals surface area (Å²) in [5, 5.41) is 4.95. The van der Waals surface area contributed by atoms with Gasteiger partial charge in [-0.25, -0.2) is 0 Å². The van der Waals surface area contributed by atoms with Crippen LogP contribution in [-0.4, -0.2) is 6.54 Å². The van der Waals surface area contributed by atoms with E-state index in [4.69, 9.17) is 4.42 Å². The molecular formula is C18H25NO. The van der Waals surface area contributed by atoms with Crippen LogP contribution in [0, 0.1) is 12.3 Å². The van der Waals surface area contributed by atoms with Crippen molar-refractivity contribution in [2.75, 3.05) is 6.54 Å². The summed E-state index contributed by atoms with van der Waals surface area (Å²) in [6.45, 7) is 6.47. The van der Waals surface area contributed by atoms with Gasteiger partial charge in [0.2, 0.25) is 0 Å². The normalized spacial score (nSPS) is 17.9. The summed E-state index contributed by atoms with van der Waals surface area (Å²) in [4.78, 5) is 0. The van der Waals surface area contributed by atoms with Gasteiger partial charge in [-0.15, -0.1) is 0 Å². The van der Waals surface area contributed by atoms with Crippen LogP contribution in [0.2, 0.25) is 0 Å². The van der Waals surface area contributed by atoms with E-state index in [-0.39, 0.29) is 0 Å². The molecule has 0 amide bonds. The molecule has 20 heavy (non-hydrogen) atoms. The number of nitrogens with one attached hydrogen (secondary N) is 1. The van der Waals surface area contributed by atoms with Crippen molar-refractivity contribution in [3.8, 4) is 0 Å². The molecule has 1 heterocycles. The van der Waals surface area contributed by atoms with Gasteiger partial charge in [-0.2, -0.15) is 0 Å². The van der Waals surface area contributed by atoms with E-state index in [1.807, 2.05) is 6.07 Å². The van der Waals surface area contributed by atoms with Gasteiger partial charge in [-0.1, -0.05) is 38.0 Å². The predicted molar refractivity (Wildman–Crippen MR) is 83.8 cm³/mol. The van der Waals surface area contributed by atoms with Gasteiger partial charge in [-0.05, 0) is 37.7 Å². The van der Waals surface area contributed by atoms with Crippen molar-refractivity contribution in [2.45, 2.75) is 52.5 Å². The molecule has 3 rings (SSSR count). The first-order chi connectivity index (χ1) is 9.74. The number of hydrogen-bond acceptors (Lipinski definition) is 2. The van der Waals surface area contributed by atoms with Crippen molar-refractivity contribution in [1.29, 1.82) is 0 Å². The molecule has 0 bridgehead atoms. The van der Waals surface area contributed by atoms with E-state index in [9.17, 15) is 0 Å². The third-order valence-corrected chi connectivity index (χ3v) is 5.12. The van der Waals surface area contributed by atoms with Crippen LogP contribution in [0.4, 0.5) is 0 Å². The summed E-state index contributed by atoms with van der Waals surface area (Å²) in [5.74, 6) is 1.05. The largest absolute Gasteiger partial charge is 0.461 e. The maximum Gasteiger partial charge on any atom is 0.134 e. The Morgan fingerprint density at radius 1 is 1.20 bits per heavy atom. The number of para-hydroxylation sites is 1. The van der Waals surface area contributed by atoms with Crippen molar-refractivity contribution in [3.05, 3.63) is 35.6 Å². The third-order valence-electron chi connectivity index (χ3n) is 5.12. The van der Waals surface area contributed by atoms with Crippen LogP contribution in [0.3, 0.4) is 0 Å². The zero-order valence-corrected chi connectivity index (χ0v) is 12.7. The monoisotopic (exact) mass is 271 g/mol. The van der Waals surface area contributed by atoms with E-state index in [0.29, 0.717) is 5.41 Å². The Kier molecular flexibility index (Phi) is 3.84. The van der Waals surface area contributed by atoms with Crippen LogP contribution >= 0.6 is 0 Å². The molecule has 1 saturated carbocycles. The fraction of sp³-hybridized carbons (Fsp3) is 0.556. The van der Waals surface area contributed by atoms with Gasteiger partial charge in [0, 0.05) is 24.0 Å². The van der Waals surface area contributed by atoms with Crippen LogP contribution in [0.15, 0.2) is 28.7 Å². The second-order valence-corrected chi connectivity index (χ2v) is 6.30. The minimum Gasteiger partial charge on any atom is -0.461 e. The van der Waals surface area contributed by atoms with E-state index >= 15 is 0 Å². The number of hydrogen-bond donors (Lipinski definition) is 1. The lowest BCUT2D eigenvalue weighted by molar-refractivity contribution is 0.268. The van der Waals surface area contributed by atoms with Gasteiger partial charge >= 0.3 is 0 Å². The first-order valence-electron chi connectivity index (χ1n) is 7.92. The molecule has 108 valence electrons. The Balaban J connectivity index is 1.69. The Bertz CT molecular complexity index is 578. The smallest absolute Gasteiger partial charge is 0.134 e. The fourth-order valence-corrected chi connectivity index (χ4v) is 3.67. The molecule has 0 atom stereocenters. The second-order valence-electron chi connectivity index (χ2n) is 6.30. The highest BCUT2D eigenvalue weighted by atomic mass is 16.3. The predicted octanol–water partition coefficient (Wildman–Crippen LogP) is 4.80. The number of fused-ring (bicyclic) bond motifs is 1. The molecule has 0 radical (unpaired) electrons. The summed E-state index contributed by atoms with van der Waals surface area (Å²) < 4.78 is 5.83. The van der Waals surface area contributed by atoms with Gasteiger partial charge in [0.05, 0.1) is 0 Å². The minimum atomic E-state index is 0.549. The first-order valence-corrected chi connectivity index (χ1v) is 7.92. The van der Waals surface area contributed by atoms with Gasteiger partial charge in [0.15, 0.2) is 0 Å². The van der Waals surface area contributed by atoms with Crippen LogP contribution < -0.4 is 5.32 Å². The first kappa shape index (κ1) is 13.7. The highest BCUT2D eigenvalue weighted by molar-refractivity contribution is 5.82. The molecule has 1 aliphatic rings. The average Bonchev–Trinajstić information content (AvgIpc) is 3.05. The third kappa shape index (κ3) is 2.49. The molecule has 1 aromatic heterocycles. The molecular weight excluding hydrogens is 246 g/mol. The standard InChI is InChI=1S/C18H25NO/c1-3-18(10-6-7-11-18)13-19-12-16-14(2)20-17-9-5-4-8-15(16)17/h4-5,8-9,19H,3,6-7,10-13H2,1-2H3. The SMILES string of the molecule is CCC1(CNCc2c(C)oc3ccccc23)CCCC1. The fourth-order valence-electron chi connectivity index (χ4n) is 3.67. The summed E-state index contributed by atoms with van der Waals surface area (Å²) in [5.41, 5.74) is 2.88. The quantitative estimate of drug-likeness (QED) is 0.845. The molecule has 0 saturated heterocycles. The summed E-state index contributed by atoms with van der Waals surface area (Å²) in [6.07, 6.45) is 6.89. The Hall–Kier alpha value is -1.28. The molecule has 1 aromatic carbocycles. The lowest BCUT2D eigenvalue weighted by Gasteiger charge is -2.27. The van der Waals surface area contributed by atoms with E-state index < -0.39 is 0 Å². The van der Waals surface area contributed by atoms with E-state index in [1.54, 1.807) is 0 Å². The maximum atomic E-state index is 5.83. The number of aryl methyl sites for hydroxylation is 1. The number of furan rings is 1. The summed E-state index contributed by atoms with van der Waals surface area (Å²) in [6, 6.07) is 8.34.